The van der Waals surface area contributed by atoms with Crippen molar-refractivity contribution >= 4 is 27.3 Å². The molecule has 140 valence electrons. The Hall–Kier alpha value is -2.54. The largest absolute Gasteiger partial charge is 0.494 e. The van der Waals surface area contributed by atoms with E-state index in [1.807, 2.05) is 32.0 Å². The van der Waals surface area contributed by atoms with Crippen LogP contribution >= 0.6 is 0 Å². The number of hydrogen-bond donors (Lipinski definition) is 1. The minimum absolute atomic E-state index is 0.405. The molecule has 2 aromatic carbocycles. The van der Waals surface area contributed by atoms with E-state index in [4.69, 9.17) is 4.74 Å². The van der Waals surface area contributed by atoms with Crippen molar-refractivity contribution in [1.29, 1.82) is 0 Å². The molecule has 7 heteroatoms. The van der Waals surface area contributed by atoms with E-state index in [0.717, 1.165) is 16.1 Å². The van der Waals surface area contributed by atoms with Crippen molar-refractivity contribution in [2.45, 2.75) is 26.8 Å². The van der Waals surface area contributed by atoms with Gasteiger partial charge in [-0.15, -0.1) is 0 Å². The number of nitrogens with one attached hydrogen (secondary N) is 1. The Kier molecular flexibility index (Phi) is 6.26. The lowest BCUT2D eigenvalue weighted by Gasteiger charge is -2.28. The molecule has 2 rings (SSSR count). The van der Waals surface area contributed by atoms with Gasteiger partial charge in [-0.25, -0.2) is 8.42 Å². The van der Waals surface area contributed by atoms with Crippen molar-refractivity contribution in [3.8, 4) is 5.75 Å². The third-order valence-corrected chi connectivity index (χ3v) is 5.02. The average molecular weight is 376 g/mol. The number of hydrogen-bond acceptors (Lipinski definition) is 4. The lowest BCUT2D eigenvalue weighted by atomic mass is 10.2. The van der Waals surface area contributed by atoms with Gasteiger partial charge in [-0.3, -0.25) is 9.10 Å². The van der Waals surface area contributed by atoms with Crippen LogP contribution in [0.4, 0.5) is 11.4 Å². The number of anilines is 2. The van der Waals surface area contributed by atoms with E-state index in [2.05, 4.69) is 5.32 Å². The van der Waals surface area contributed by atoms with E-state index in [9.17, 15) is 13.2 Å². The average Bonchev–Trinajstić information content (AvgIpc) is 2.55. The highest BCUT2D eigenvalue weighted by Crippen LogP contribution is 2.24. The molecule has 0 saturated carbocycles. The normalized spacial score (nSPS) is 12.3. The van der Waals surface area contributed by atoms with Crippen molar-refractivity contribution in [2.24, 2.45) is 0 Å². The summed E-state index contributed by atoms with van der Waals surface area (Å²) in [4.78, 5) is 12.6. The van der Waals surface area contributed by atoms with Crippen molar-refractivity contribution < 1.29 is 17.9 Å². The van der Waals surface area contributed by atoms with Gasteiger partial charge in [0.25, 0.3) is 0 Å². The van der Waals surface area contributed by atoms with Crippen LogP contribution in [0.25, 0.3) is 0 Å². The fourth-order valence-corrected chi connectivity index (χ4v) is 3.81. The van der Waals surface area contributed by atoms with Gasteiger partial charge in [0.2, 0.25) is 15.9 Å². The van der Waals surface area contributed by atoms with Crippen LogP contribution in [0.1, 0.15) is 19.4 Å². The summed E-state index contributed by atoms with van der Waals surface area (Å²) >= 11 is 0. The summed E-state index contributed by atoms with van der Waals surface area (Å²) in [5.41, 5.74) is 2.03. The summed E-state index contributed by atoms with van der Waals surface area (Å²) in [6.07, 6.45) is 1.08. The number of benzene rings is 2. The summed E-state index contributed by atoms with van der Waals surface area (Å²) in [5, 5.41) is 2.77. The van der Waals surface area contributed by atoms with Crippen LogP contribution in [0.2, 0.25) is 0 Å². The van der Waals surface area contributed by atoms with Gasteiger partial charge in [-0.1, -0.05) is 12.1 Å². The topological polar surface area (TPSA) is 75.7 Å². The number of carbonyl (C=O) groups is 1. The fraction of sp³-hybridized carbons (Fsp3) is 0.316. The highest BCUT2D eigenvalue weighted by Gasteiger charge is 2.29. The maximum atomic E-state index is 12.6. The van der Waals surface area contributed by atoms with Crippen LogP contribution in [0.3, 0.4) is 0 Å². The first kappa shape index (κ1) is 19.8. The highest BCUT2D eigenvalue weighted by atomic mass is 32.2. The zero-order chi connectivity index (χ0) is 19.3. The lowest BCUT2D eigenvalue weighted by Crippen LogP contribution is -2.45. The molecule has 26 heavy (non-hydrogen) atoms. The fourth-order valence-electron chi connectivity index (χ4n) is 2.63. The maximum absolute atomic E-state index is 12.6. The Morgan fingerprint density at radius 2 is 1.85 bits per heavy atom. The first-order chi connectivity index (χ1) is 12.2. The SMILES string of the molecule is CCOc1ccc(N(C(C)C(=O)Nc2cccc(C)c2)S(C)(=O)=O)cc1. The number of sulfonamides is 1. The molecule has 0 aliphatic heterocycles. The number of rotatable bonds is 7. The summed E-state index contributed by atoms with van der Waals surface area (Å²) in [7, 11) is -3.66. The van der Waals surface area contributed by atoms with E-state index in [1.165, 1.54) is 0 Å². The molecule has 1 atom stereocenters. The van der Waals surface area contributed by atoms with Crippen LogP contribution < -0.4 is 14.4 Å². The molecule has 1 unspecified atom stereocenters. The van der Waals surface area contributed by atoms with Gasteiger partial charge in [0.15, 0.2) is 0 Å². The Balaban J connectivity index is 2.27. The number of amides is 1. The van der Waals surface area contributed by atoms with E-state index >= 15 is 0 Å². The maximum Gasteiger partial charge on any atom is 0.247 e. The quantitative estimate of drug-likeness (QED) is 0.805. The molecule has 0 radical (unpaired) electrons. The van der Waals surface area contributed by atoms with Gasteiger partial charge in [0, 0.05) is 5.69 Å². The highest BCUT2D eigenvalue weighted by molar-refractivity contribution is 7.92. The van der Waals surface area contributed by atoms with Gasteiger partial charge in [-0.2, -0.15) is 0 Å². The molecule has 0 aliphatic rings. The molecule has 0 aliphatic carbocycles. The minimum atomic E-state index is -3.66. The van der Waals surface area contributed by atoms with Crippen LogP contribution in [0.5, 0.6) is 5.75 Å². The third kappa shape index (κ3) is 4.98. The standard InChI is InChI=1S/C19H24N2O4S/c1-5-25-18-11-9-17(10-12-18)21(26(4,23)24)15(3)19(22)20-16-8-6-7-14(2)13-16/h6-13,15H,5H2,1-4H3,(H,20,22). The molecule has 0 heterocycles. The van der Waals surface area contributed by atoms with Crippen LogP contribution in [-0.4, -0.2) is 33.2 Å². The zero-order valence-electron chi connectivity index (χ0n) is 15.4. The van der Waals surface area contributed by atoms with Crippen molar-refractivity contribution in [3.63, 3.8) is 0 Å². The molecule has 6 nitrogen and oxygen atoms in total. The van der Waals surface area contributed by atoms with Crippen LogP contribution in [0.15, 0.2) is 48.5 Å². The van der Waals surface area contributed by atoms with Crippen LogP contribution in [-0.2, 0) is 14.8 Å². The first-order valence-electron chi connectivity index (χ1n) is 8.32. The molecular weight excluding hydrogens is 352 g/mol. The van der Waals surface area contributed by atoms with Gasteiger partial charge >= 0.3 is 0 Å². The molecule has 0 spiro atoms. The van der Waals surface area contributed by atoms with E-state index < -0.39 is 22.0 Å². The Bertz CT molecular complexity index is 863. The monoisotopic (exact) mass is 376 g/mol. The second-order valence-electron chi connectivity index (χ2n) is 6.02. The molecule has 2 aromatic rings. The van der Waals surface area contributed by atoms with Gasteiger partial charge in [0.1, 0.15) is 11.8 Å². The van der Waals surface area contributed by atoms with Gasteiger partial charge in [0.05, 0.1) is 18.6 Å². The summed E-state index contributed by atoms with van der Waals surface area (Å²) < 4.78 is 31.1. The summed E-state index contributed by atoms with van der Waals surface area (Å²) in [6, 6.07) is 13.0. The molecule has 0 saturated heterocycles. The third-order valence-electron chi connectivity index (χ3n) is 3.78. The summed E-state index contributed by atoms with van der Waals surface area (Å²) in [6.45, 7) is 5.86. The van der Waals surface area contributed by atoms with Gasteiger partial charge in [-0.05, 0) is 62.7 Å². The second kappa shape index (κ2) is 8.23. The van der Waals surface area contributed by atoms with Crippen molar-refractivity contribution in [3.05, 3.63) is 54.1 Å². The Morgan fingerprint density at radius 1 is 1.19 bits per heavy atom. The Labute approximate surface area is 154 Å². The lowest BCUT2D eigenvalue weighted by molar-refractivity contribution is -0.116. The van der Waals surface area contributed by atoms with Crippen LogP contribution in [0, 0.1) is 6.92 Å². The van der Waals surface area contributed by atoms with E-state index in [1.54, 1.807) is 37.3 Å². The molecule has 0 fully saturated rings. The molecule has 1 N–H and O–H groups in total. The van der Waals surface area contributed by atoms with E-state index in [-0.39, 0.29) is 0 Å². The molecule has 0 bridgehead atoms. The van der Waals surface area contributed by atoms with Crippen molar-refractivity contribution in [1.82, 2.24) is 0 Å². The number of aryl methyl sites for hydroxylation is 1. The molecular formula is C19H24N2O4S. The smallest absolute Gasteiger partial charge is 0.247 e. The molecule has 0 aromatic heterocycles. The molecule has 1 amide bonds. The first-order valence-corrected chi connectivity index (χ1v) is 10.2. The number of carbonyl (C=O) groups excluding carboxylic acids is 1. The summed E-state index contributed by atoms with van der Waals surface area (Å²) in [5.74, 6) is 0.233. The predicted octanol–water partition coefficient (Wildman–Crippen LogP) is 3.19. The Morgan fingerprint density at radius 3 is 2.38 bits per heavy atom. The number of ether oxygens (including phenoxy) is 1. The van der Waals surface area contributed by atoms with Gasteiger partial charge < -0.3 is 10.1 Å². The van der Waals surface area contributed by atoms with Crippen molar-refractivity contribution in [2.75, 3.05) is 22.5 Å². The predicted molar refractivity (Wildman–Crippen MR) is 104 cm³/mol. The minimum Gasteiger partial charge on any atom is -0.494 e. The van der Waals surface area contributed by atoms with E-state index in [0.29, 0.717) is 23.7 Å². The number of nitrogens with zero attached hydrogens (tertiary/aromatic N) is 1. The second-order valence-corrected chi connectivity index (χ2v) is 7.88. The zero-order valence-corrected chi connectivity index (χ0v) is 16.2.